The smallest absolute Gasteiger partial charge is 0.184 e. The van der Waals surface area contributed by atoms with Crippen LogP contribution >= 0.6 is 0 Å². The lowest BCUT2D eigenvalue weighted by Gasteiger charge is -2.38. The first-order chi connectivity index (χ1) is 6.11. The molecule has 78 valence electrons. The molecule has 0 unspecified atom stereocenters. The zero-order chi connectivity index (χ0) is 10.0. The Labute approximate surface area is 74.3 Å². The summed E-state index contributed by atoms with van der Waals surface area (Å²) in [6.07, 6.45) is -6.39. The molecule has 1 rings (SSSR count). The van der Waals surface area contributed by atoms with E-state index in [1.807, 2.05) is 0 Å². The fourth-order valence-corrected chi connectivity index (χ4v) is 1.23. The second-order valence-electron chi connectivity index (χ2n) is 2.83. The first-order valence-corrected chi connectivity index (χ1v) is 3.78. The second kappa shape index (κ2) is 4.29. The molecule has 13 heavy (non-hydrogen) atoms. The van der Waals surface area contributed by atoms with E-state index in [4.69, 9.17) is 16.1 Å². The number of hydrogen-bond acceptors (Lipinski definition) is 7. The average Bonchev–Trinajstić information content (AvgIpc) is 2.12. The summed E-state index contributed by atoms with van der Waals surface area (Å²) < 4.78 is 4.66. The van der Waals surface area contributed by atoms with Gasteiger partial charge in [0, 0.05) is 0 Å². The van der Waals surface area contributed by atoms with E-state index in [9.17, 15) is 10.2 Å². The first kappa shape index (κ1) is 10.8. The highest BCUT2D eigenvalue weighted by Crippen LogP contribution is 2.20. The molecule has 0 spiro atoms. The Morgan fingerprint density at radius 1 is 1.23 bits per heavy atom. The molecule has 0 aromatic rings. The highest BCUT2D eigenvalue weighted by molar-refractivity contribution is 4.88. The molecule has 1 fully saturated rings. The van der Waals surface area contributed by atoms with Gasteiger partial charge in [-0.25, -0.2) is 5.90 Å². The molecule has 0 saturated carbocycles. The van der Waals surface area contributed by atoms with Crippen LogP contribution in [0.3, 0.4) is 0 Å². The molecular weight excluding hydrogens is 182 g/mol. The van der Waals surface area contributed by atoms with Gasteiger partial charge in [0.15, 0.2) is 6.29 Å². The summed E-state index contributed by atoms with van der Waals surface area (Å²) in [5.74, 6) is 4.79. The molecule has 5 atom stereocenters. The number of rotatable bonds is 2. The molecular formula is C6H13NO6. The van der Waals surface area contributed by atoms with E-state index >= 15 is 0 Å². The van der Waals surface area contributed by atoms with Gasteiger partial charge in [0.1, 0.15) is 24.4 Å². The Morgan fingerprint density at radius 3 is 2.31 bits per heavy atom. The van der Waals surface area contributed by atoms with Gasteiger partial charge in [0.25, 0.3) is 0 Å². The summed E-state index contributed by atoms with van der Waals surface area (Å²) in [7, 11) is 0. The van der Waals surface area contributed by atoms with E-state index in [0.717, 1.165) is 0 Å². The number of nitrogens with two attached hydrogens (primary N) is 1. The van der Waals surface area contributed by atoms with Crippen molar-refractivity contribution in [1.82, 2.24) is 0 Å². The van der Waals surface area contributed by atoms with Crippen molar-refractivity contribution in [3.05, 3.63) is 0 Å². The van der Waals surface area contributed by atoms with Gasteiger partial charge < -0.3 is 25.2 Å². The van der Waals surface area contributed by atoms with Gasteiger partial charge in [-0.15, -0.1) is 0 Å². The van der Waals surface area contributed by atoms with Crippen LogP contribution in [0.2, 0.25) is 0 Å². The van der Waals surface area contributed by atoms with Crippen LogP contribution in [0.5, 0.6) is 0 Å². The zero-order valence-corrected chi connectivity index (χ0v) is 6.78. The Balaban J connectivity index is 2.69. The maximum Gasteiger partial charge on any atom is 0.184 e. The molecule has 7 heteroatoms. The molecule has 0 bridgehead atoms. The third kappa shape index (κ3) is 1.97. The van der Waals surface area contributed by atoms with Crippen LogP contribution in [-0.4, -0.2) is 57.7 Å². The lowest BCUT2D eigenvalue weighted by Crippen LogP contribution is -2.60. The molecule has 1 heterocycles. The van der Waals surface area contributed by atoms with E-state index in [2.05, 4.69) is 9.57 Å². The molecule has 0 amide bonds. The molecule has 0 aromatic heterocycles. The minimum Gasteiger partial charge on any atom is -0.394 e. The van der Waals surface area contributed by atoms with Gasteiger partial charge in [-0.1, -0.05) is 0 Å². The maximum absolute atomic E-state index is 9.36. The highest BCUT2D eigenvalue weighted by Gasteiger charge is 2.44. The number of aliphatic hydroxyl groups excluding tert-OH is 4. The number of hydrogen-bond donors (Lipinski definition) is 5. The van der Waals surface area contributed by atoms with Crippen molar-refractivity contribution in [2.45, 2.75) is 30.7 Å². The summed E-state index contributed by atoms with van der Waals surface area (Å²) in [5, 5.41) is 36.3. The third-order valence-electron chi connectivity index (χ3n) is 2.00. The van der Waals surface area contributed by atoms with Crippen molar-refractivity contribution in [3.8, 4) is 0 Å². The zero-order valence-electron chi connectivity index (χ0n) is 6.78. The van der Waals surface area contributed by atoms with Crippen molar-refractivity contribution in [1.29, 1.82) is 0 Å². The van der Waals surface area contributed by atoms with Gasteiger partial charge in [-0.3, -0.25) is 4.84 Å². The molecule has 1 aliphatic heterocycles. The van der Waals surface area contributed by atoms with Crippen molar-refractivity contribution < 1.29 is 30.0 Å². The fraction of sp³-hybridized carbons (Fsp3) is 1.00. The predicted molar refractivity (Wildman–Crippen MR) is 39.0 cm³/mol. The standard InChI is InChI=1S/C6H13NO6/c7-13-5-3(9)2(1-8)12-6(11)4(5)10/h2-6,8-11H,1,7H2/t2-,3-,4+,5+,6+/m1/s1. The van der Waals surface area contributed by atoms with Crippen LogP contribution in [0, 0.1) is 0 Å². The van der Waals surface area contributed by atoms with Gasteiger partial charge in [0.05, 0.1) is 6.61 Å². The number of ether oxygens (including phenoxy) is 1. The van der Waals surface area contributed by atoms with Crippen LogP contribution < -0.4 is 5.90 Å². The van der Waals surface area contributed by atoms with Crippen LogP contribution in [-0.2, 0) is 9.57 Å². The maximum atomic E-state index is 9.36. The van der Waals surface area contributed by atoms with E-state index in [1.165, 1.54) is 0 Å². The topological polar surface area (TPSA) is 125 Å². The Kier molecular flexibility index (Phi) is 3.56. The lowest BCUT2D eigenvalue weighted by atomic mass is 9.99. The monoisotopic (exact) mass is 195 g/mol. The molecule has 0 radical (unpaired) electrons. The quantitative estimate of drug-likeness (QED) is 0.292. The Morgan fingerprint density at radius 2 is 1.85 bits per heavy atom. The van der Waals surface area contributed by atoms with Crippen LogP contribution in [0.15, 0.2) is 0 Å². The highest BCUT2D eigenvalue weighted by atomic mass is 16.7. The van der Waals surface area contributed by atoms with Crippen LogP contribution in [0.25, 0.3) is 0 Å². The summed E-state index contributed by atoms with van der Waals surface area (Å²) in [6.45, 7) is -0.495. The molecule has 0 aliphatic carbocycles. The number of aliphatic hydroxyl groups is 4. The Bertz CT molecular complexity index is 167. The SMILES string of the molecule is NO[C@@H]1[C@H](O)[C@@H](O)O[C@H](CO)[C@H]1O. The molecule has 1 aliphatic rings. The van der Waals surface area contributed by atoms with Gasteiger partial charge >= 0.3 is 0 Å². The van der Waals surface area contributed by atoms with Gasteiger partial charge in [-0.2, -0.15) is 0 Å². The average molecular weight is 195 g/mol. The molecule has 6 N–H and O–H groups in total. The van der Waals surface area contributed by atoms with E-state index in [1.54, 1.807) is 0 Å². The van der Waals surface area contributed by atoms with Crippen LogP contribution in [0.1, 0.15) is 0 Å². The van der Waals surface area contributed by atoms with Crippen molar-refractivity contribution in [2.75, 3.05) is 6.61 Å². The summed E-state index contributed by atoms with van der Waals surface area (Å²) in [4.78, 5) is 4.27. The second-order valence-corrected chi connectivity index (χ2v) is 2.83. The van der Waals surface area contributed by atoms with Crippen molar-refractivity contribution in [2.24, 2.45) is 5.90 Å². The van der Waals surface area contributed by atoms with E-state index < -0.39 is 37.3 Å². The minimum atomic E-state index is -1.52. The minimum absolute atomic E-state index is 0.495. The van der Waals surface area contributed by atoms with Gasteiger partial charge in [-0.05, 0) is 0 Å². The van der Waals surface area contributed by atoms with Crippen molar-refractivity contribution in [3.63, 3.8) is 0 Å². The van der Waals surface area contributed by atoms with E-state index in [-0.39, 0.29) is 0 Å². The summed E-state index contributed by atoms with van der Waals surface area (Å²) in [5.41, 5.74) is 0. The third-order valence-corrected chi connectivity index (χ3v) is 2.00. The molecule has 0 aromatic carbocycles. The van der Waals surface area contributed by atoms with Crippen LogP contribution in [0.4, 0.5) is 0 Å². The van der Waals surface area contributed by atoms with Crippen molar-refractivity contribution >= 4 is 0 Å². The molecule has 7 nitrogen and oxygen atoms in total. The fourth-order valence-electron chi connectivity index (χ4n) is 1.23. The first-order valence-electron chi connectivity index (χ1n) is 3.78. The van der Waals surface area contributed by atoms with Gasteiger partial charge in [0.2, 0.25) is 0 Å². The molecule has 1 saturated heterocycles. The lowest BCUT2D eigenvalue weighted by molar-refractivity contribution is -0.295. The summed E-state index contributed by atoms with van der Waals surface area (Å²) in [6, 6.07) is 0. The Hall–Kier alpha value is -0.280. The normalized spacial score (nSPS) is 46.4. The largest absolute Gasteiger partial charge is 0.394 e. The predicted octanol–water partition coefficient (Wildman–Crippen LogP) is -3.32. The van der Waals surface area contributed by atoms with E-state index in [0.29, 0.717) is 0 Å². The summed E-state index contributed by atoms with van der Waals surface area (Å²) >= 11 is 0.